The standard InChI is InChI=1S/2C8H16O.2C7H16N2.2C7H15NO.3C5H9N3.2C5H5NO.3C4H8N4.2C4H9NO.2C4H10/c2*1-6(2)5-8(9)7(3)4;2*1-5(2)7(8)9-6(3)4;2*1-5(2)7(9)8-6(3)4;3*1-4(2)5-3-6-8-7-5;2*7-5-3-1-2-4-6-5;3*1-3(2)4-5-7-8-6-4;2*1-3(2)4(5)6;2*1-4(2)3/h6-7H,5H2,1-4H3;5-7,9H,1-4H3;2*5-6H,1-4H3,(H2,8,9);2*5-6H,1-4H3,(H,8,9);4H,3H2,1-2H3;2*3-4H,1-2H3,(H,6,7,8);2*1-4H,(H,6,7);3*3H,1-2H3,(H,5,6,7,8);2*3H,1-2H3,(H2,5,6);2*4H,1-3H3/b;8-5-;;;;;;;;;;;;;;;;. The van der Waals surface area contributed by atoms with Crippen LogP contribution in [0.2, 0.25) is 0 Å². The number of amides is 4. The van der Waals surface area contributed by atoms with Gasteiger partial charge in [-0.25, -0.2) is 0 Å². The maximum atomic E-state index is 11.0. The van der Waals surface area contributed by atoms with Crippen molar-refractivity contribution in [2.75, 3.05) is 6.54 Å². The van der Waals surface area contributed by atoms with E-state index in [1.54, 1.807) is 76.7 Å². The maximum Gasteiger partial charge on any atom is 0.247 e. The van der Waals surface area contributed by atoms with Gasteiger partial charge in [-0.2, -0.15) is 51.6 Å². The van der Waals surface area contributed by atoms with E-state index in [-0.39, 0.29) is 82.3 Å². The van der Waals surface area contributed by atoms with Gasteiger partial charge in [-0.3, -0.25) is 43.5 Å². The Morgan fingerprint density at radius 1 is 0.397 bits per heavy atom. The van der Waals surface area contributed by atoms with Gasteiger partial charge >= 0.3 is 0 Å². The molecule has 39 heteroatoms. The molecule has 0 radical (unpaired) electrons. The Hall–Kier alpha value is -11.3. The highest BCUT2D eigenvalue weighted by Crippen LogP contribution is 2.12. The summed E-state index contributed by atoms with van der Waals surface area (Å²) in [4.78, 5) is 86.2. The molecule has 136 heavy (non-hydrogen) atoms. The summed E-state index contributed by atoms with van der Waals surface area (Å²) in [6.45, 7) is 93.1. The number of rotatable bonds is 21. The van der Waals surface area contributed by atoms with Crippen LogP contribution in [0, 0.1) is 76.9 Å². The predicted octanol–water partition coefficient (Wildman–Crippen LogP) is 18.8. The quantitative estimate of drug-likeness (QED) is 0.0180. The van der Waals surface area contributed by atoms with Crippen LogP contribution in [0.4, 0.5) is 0 Å². The van der Waals surface area contributed by atoms with Gasteiger partial charge in [0.25, 0.3) is 0 Å². The number of allylic oxidation sites excluding steroid dienone is 2. The minimum atomic E-state index is -0.241. The Kier molecular flexibility index (Phi) is 97.5. The zero-order valence-corrected chi connectivity index (χ0v) is 92.6. The SMILES string of the molecule is CC(C)/C=C(\O)C(C)C.CC(C)C.CC(C)C.CC(C)C(N)=O.CC(C)C(N)=O.CC(C)C1=NN=NC1.CC(C)CC(=O)C(C)C.CC(C)N=C(N)C(C)C.CC(C)N=C(N)C(C)C.CC(C)NC(=O)C(C)C.CC(C)NC(=O)C(C)C.CC(C)c1cn[nH]n1.CC(C)c1cn[nH]n1.CC(C)c1nn[nH]n1.CC(C)c1nn[nH]n1.CC(C)c1nn[nH]n1.O=c1cccc[nH]1.O=c1cccc[nH]1. The molecule has 7 aromatic rings. The molecule has 0 unspecified atom stereocenters. The topological polar surface area (TPSA) is 608 Å². The molecule has 4 amide bonds. The number of nitrogens with two attached hydrogens (primary N) is 4. The van der Waals surface area contributed by atoms with Crippen LogP contribution in [-0.4, -0.2) is 185 Å². The molecule has 18 N–H and O–H groups in total. The van der Waals surface area contributed by atoms with Crippen LogP contribution in [0.25, 0.3) is 0 Å². The van der Waals surface area contributed by atoms with Crippen molar-refractivity contribution in [3.8, 4) is 0 Å². The minimum absolute atomic E-state index is 0.00926. The summed E-state index contributed by atoms with van der Waals surface area (Å²) in [6.07, 6.45) is 9.29. The van der Waals surface area contributed by atoms with Gasteiger partial charge in [0.05, 0.1) is 46.9 Å². The smallest absolute Gasteiger partial charge is 0.247 e. The molecule has 0 fully saturated rings. The van der Waals surface area contributed by atoms with E-state index in [1.807, 2.05) is 186 Å². The first-order chi connectivity index (χ1) is 62.6. The molecule has 0 saturated carbocycles. The third-order valence-electron chi connectivity index (χ3n) is 14.6. The second-order valence-corrected chi connectivity index (χ2v) is 38.5. The van der Waals surface area contributed by atoms with Gasteiger partial charge in [-0.1, -0.05) is 291 Å². The first-order valence-electron chi connectivity index (χ1n) is 47.5. The van der Waals surface area contributed by atoms with Crippen molar-refractivity contribution in [1.29, 1.82) is 0 Å². The summed E-state index contributed by atoms with van der Waals surface area (Å²) in [5.74, 6) is 11.1. The van der Waals surface area contributed by atoms with Crippen molar-refractivity contribution in [3.63, 3.8) is 0 Å². The van der Waals surface area contributed by atoms with Gasteiger partial charge in [0.1, 0.15) is 12.3 Å². The van der Waals surface area contributed by atoms with Crippen molar-refractivity contribution < 1.29 is 29.1 Å². The van der Waals surface area contributed by atoms with Gasteiger partial charge in [0, 0.05) is 120 Å². The largest absolute Gasteiger partial charge is 0.512 e. The number of aromatic nitrogens is 20. The zero-order valence-electron chi connectivity index (χ0n) is 92.6. The molecule has 0 aliphatic carbocycles. The number of aliphatic hydroxyl groups excluding tert-OH is 1. The van der Waals surface area contributed by atoms with Gasteiger partial charge in [0.2, 0.25) is 34.7 Å². The van der Waals surface area contributed by atoms with E-state index in [2.05, 4.69) is 249 Å². The van der Waals surface area contributed by atoms with Crippen molar-refractivity contribution in [2.24, 2.45) is 125 Å². The molecule has 8 rings (SSSR count). The monoisotopic (exact) mass is 1920 g/mol. The summed E-state index contributed by atoms with van der Waals surface area (Å²) in [6, 6.07) is 11.0. The highest BCUT2D eigenvalue weighted by atomic mass is 16.3. The molecule has 0 atom stereocenters. The van der Waals surface area contributed by atoms with E-state index in [0.717, 1.165) is 64.5 Å². The molecular weight excluding hydrogens is 1730 g/mol. The zero-order chi connectivity index (χ0) is 108. The number of aliphatic hydroxyl groups is 1. The molecule has 39 nitrogen and oxygen atoms in total. The number of primary amides is 2. The van der Waals surface area contributed by atoms with Crippen molar-refractivity contribution >= 4 is 46.8 Å². The average molecular weight is 1920 g/mol. The lowest BCUT2D eigenvalue weighted by molar-refractivity contribution is -0.125. The number of nitrogens with one attached hydrogen (secondary N) is 9. The number of tetrazole rings is 3. The third-order valence-corrected chi connectivity index (χ3v) is 14.6. The van der Waals surface area contributed by atoms with Crippen molar-refractivity contribution in [3.05, 3.63) is 123 Å². The fourth-order valence-corrected chi connectivity index (χ4v) is 6.46. The molecule has 1 aliphatic heterocycles. The molecule has 0 saturated heterocycles. The average Bonchev–Trinajstić information content (AvgIpc) is 1.84. The number of pyridine rings is 2. The minimum Gasteiger partial charge on any atom is -0.512 e. The van der Waals surface area contributed by atoms with Crippen LogP contribution >= 0.6 is 0 Å². The van der Waals surface area contributed by atoms with Crippen molar-refractivity contribution in [2.45, 2.75) is 379 Å². The van der Waals surface area contributed by atoms with E-state index in [9.17, 15) is 33.6 Å². The summed E-state index contributed by atoms with van der Waals surface area (Å²) in [7, 11) is 0. The molecule has 0 aromatic carbocycles. The number of Topliss-reactive ketones (excluding diaryl/α,β-unsaturated/α-hetero) is 1. The lowest BCUT2D eigenvalue weighted by Crippen LogP contribution is -2.33. The number of hydrogen-bond donors (Lipinski definition) is 14. The van der Waals surface area contributed by atoms with Gasteiger partial charge < -0.3 is 48.6 Å². The van der Waals surface area contributed by atoms with Gasteiger partial charge in [-0.05, 0) is 120 Å². The number of ketones is 1. The predicted molar refractivity (Wildman–Crippen MR) is 560 cm³/mol. The number of hydrogen-bond acceptors (Lipinski definition) is 26. The fraction of sp³-hybridized carbons (Fsp3) is 0.722. The van der Waals surface area contributed by atoms with E-state index in [0.29, 0.717) is 89.3 Å². The molecule has 1 aliphatic rings. The van der Waals surface area contributed by atoms with Crippen LogP contribution in [0.3, 0.4) is 0 Å². The molecule has 8 heterocycles. The van der Waals surface area contributed by atoms with E-state index < -0.39 is 0 Å². The van der Waals surface area contributed by atoms with E-state index >= 15 is 0 Å². The number of H-pyrrole nitrogens is 7. The summed E-state index contributed by atoms with van der Waals surface area (Å²) < 4.78 is 0. The summed E-state index contributed by atoms with van der Waals surface area (Å²) in [5, 5.41) is 86.0. The number of nitrogens with zero attached hydrogens (tertiary/aromatic N) is 18. The normalized spacial score (nSPS) is 11.1. The van der Waals surface area contributed by atoms with E-state index in [4.69, 9.17) is 28.0 Å². The third kappa shape index (κ3) is 113. The lowest BCUT2D eigenvalue weighted by Gasteiger charge is -2.09. The number of amidine groups is 2. The van der Waals surface area contributed by atoms with Crippen LogP contribution in [-0.2, 0) is 24.0 Å². The molecule has 0 bridgehead atoms. The Morgan fingerprint density at radius 3 is 0.787 bits per heavy atom. The summed E-state index contributed by atoms with van der Waals surface area (Å²) in [5.41, 5.74) is 23.7. The van der Waals surface area contributed by atoms with Gasteiger partial charge in [0.15, 0.2) is 17.5 Å². The highest BCUT2D eigenvalue weighted by Gasteiger charge is 2.12. The molecule has 0 spiro atoms. The molecule has 784 valence electrons. The second-order valence-electron chi connectivity index (χ2n) is 38.5. The van der Waals surface area contributed by atoms with Crippen LogP contribution in [0.5, 0.6) is 0 Å². The molecule has 7 aromatic heterocycles. The Balaban J connectivity index is -0.000000155. The fourth-order valence-electron chi connectivity index (χ4n) is 6.46. The van der Waals surface area contributed by atoms with Crippen molar-refractivity contribution in [1.82, 2.24) is 113 Å². The van der Waals surface area contributed by atoms with E-state index in [1.165, 1.54) is 12.1 Å². The Labute approximate surface area is 818 Å². The number of aromatic amines is 7. The Morgan fingerprint density at radius 2 is 0.699 bits per heavy atom. The number of carbonyl (C=O) groups excluding carboxylic acids is 5. The second kappa shape index (κ2) is 91.4. The number of aliphatic imine (C=N–C) groups is 2. The highest BCUT2D eigenvalue weighted by molar-refractivity contribution is 5.88. The first kappa shape index (κ1) is 145. The lowest BCUT2D eigenvalue weighted by atomic mass is 9.99. The number of carbonyl (C=O) groups is 5. The summed E-state index contributed by atoms with van der Waals surface area (Å²) >= 11 is 0. The first-order valence-corrected chi connectivity index (χ1v) is 47.5. The van der Waals surface area contributed by atoms with Crippen LogP contribution in [0.1, 0.15) is 383 Å². The maximum absolute atomic E-state index is 11.0. The Bertz CT molecular complexity index is 3650. The van der Waals surface area contributed by atoms with Crippen LogP contribution in [0.15, 0.2) is 108 Å². The van der Waals surface area contributed by atoms with Crippen LogP contribution < -0.4 is 44.7 Å². The molecular formula is C97H193N31O8. The van der Waals surface area contributed by atoms with Gasteiger partial charge in [-0.15, -0.1) is 35.7 Å².